The zero-order valence-electron chi connectivity index (χ0n) is 17.0. The van der Waals surface area contributed by atoms with E-state index in [0.717, 1.165) is 0 Å². The molecule has 0 fully saturated rings. The van der Waals surface area contributed by atoms with Crippen LogP contribution in [0.3, 0.4) is 0 Å². The molecule has 0 aromatic heterocycles. The van der Waals surface area contributed by atoms with E-state index in [1.54, 1.807) is 54.6 Å². The molecule has 3 aromatic rings. The standard InChI is InChI=1S/C23H19BrClNO5S/c1-31-16-7-9-17(10-8-16)32(29,30)13-12-22(27)26-21-11-6-15(24)14-19(21)23(28)18-4-2-3-5-20(18)25/h2-11,14H,12-13H2,1H3,(H,26,27). The number of benzene rings is 3. The number of ketones is 1. The van der Waals surface area contributed by atoms with Crippen molar-refractivity contribution < 1.29 is 22.7 Å². The van der Waals surface area contributed by atoms with Crippen LogP contribution in [0.25, 0.3) is 0 Å². The maximum Gasteiger partial charge on any atom is 0.225 e. The largest absolute Gasteiger partial charge is 0.497 e. The van der Waals surface area contributed by atoms with E-state index in [2.05, 4.69) is 21.2 Å². The van der Waals surface area contributed by atoms with Gasteiger partial charge in [0.1, 0.15) is 5.75 Å². The molecule has 1 amide bonds. The number of carbonyl (C=O) groups is 2. The highest BCUT2D eigenvalue weighted by atomic mass is 79.9. The summed E-state index contributed by atoms with van der Waals surface area (Å²) in [5.41, 5.74) is 0.800. The summed E-state index contributed by atoms with van der Waals surface area (Å²) < 4.78 is 30.7. The van der Waals surface area contributed by atoms with Crippen LogP contribution in [0.1, 0.15) is 22.3 Å². The van der Waals surface area contributed by atoms with Crippen molar-refractivity contribution in [2.24, 2.45) is 0 Å². The van der Waals surface area contributed by atoms with Crippen molar-refractivity contribution in [2.75, 3.05) is 18.2 Å². The van der Waals surface area contributed by atoms with Gasteiger partial charge in [-0.3, -0.25) is 9.59 Å². The van der Waals surface area contributed by atoms with Crippen LogP contribution < -0.4 is 10.1 Å². The van der Waals surface area contributed by atoms with Gasteiger partial charge in [0.25, 0.3) is 0 Å². The third-order valence-electron chi connectivity index (χ3n) is 4.64. The van der Waals surface area contributed by atoms with E-state index < -0.39 is 15.7 Å². The van der Waals surface area contributed by atoms with Crippen LogP contribution >= 0.6 is 27.5 Å². The summed E-state index contributed by atoms with van der Waals surface area (Å²) in [5, 5.41) is 2.93. The first-order chi connectivity index (χ1) is 15.2. The van der Waals surface area contributed by atoms with Gasteiger partial charge in [0.15, 0.2) is 15.6 Å². The van der Waals surface area contributed by atoms with Crippen LogP contribution in [0.5, 0.6) is 5.75 Å². The molecule has 0 bridgehead atoms. The summed E-state index contributed by atoms with van der Waals surface area (Å²) >= 11 is 9.48. The zero-order chi connectivity index (χ0) is 23.3. The summed E-state index contributed by atoms with van der Waals surface area (Å²) in [6, 6.07) is 17.4. The number of hydrogen-bond donors (Lipinski definition) is 1. The first kappa shape index (κ1) is 24.0. The van der Waals surface area contributed by atoms with Gasteiger partial charge in [-0.25, -0.2) is 8.42 Å². The molecule has 0 spiro atoms. The average Bonchev–Trinajstić information content (AvgIpc) is 2.79. The molecule has 3 rings (SSSR count). The fourth-order valence-corrected chi connectivity index (χ4v) is 4.77. The molecule has 9 heteroatoms. The summed E-state index contributed by atoms with van der Waals surface area (Å²) in [6.45, 7) is 0. The Morgan fingerprint density at radius 3 is 2.34 bits per heavy atom. The number of ether oxygens (including phenoxy) is 1. The second-order valence-corrected chi connectivity index (χ2v) is 10.2. The Morgan fingerprint density at radius 1 is 1.00 bits per heavy atom. The lowest BCUT2D eigenvalue weighted by Crippen LogP contribution is -2.19. The molecule has 0 radical (unpaired) electrons. The quantitative estimate of drug-likeness (QED) is 0.403. The molecule has 6 nitrogen and oxygen atoms in total. The molecule has 0 saturated heterocycles. The SMILES string of the molecule is COc1ccc(S(=O)(=O)CCC(=O)Nc2ccc(Br)cc2C(=O)c2ccccc2Cl)cc1. The molecular formula is C23H19BrClNO5S. The number of hydrogen-bond acceptors (Lipinski definition) is 5. The summed E-state index contributed by atoms with van der Waals surface area (Å²) in [4.78, 5) is 25.6. The number of rotatable bonds is 8. The van der Waals surface area contributed by atoms with E-state index >= 15 is 0 Å². The van der Waals surface area contributed by atoms with Crippen molar-refractivity contribution in [2.45, 2.75) is 11.3 Å². The first-order valence-corrected chi connectivity index (χ1v) is 12.3. The van der Waals surface area contributed by atoms with Gasteiger partial charge in [-0.1, -0.05) is 39.7 Å². The van der Waals surface area contributed by atoms with Crippen LogP contribution in [0.15, 0.2) is 76.1 Å². The van der Waals surface area contributed by atoms with Gasteiger partial charge in [-0.05, 0) is 54.6 Å². The normalized spacial score (nSPS) is 11.1. The molecule has 0 aliphatic heterocycles. The molecule has 0 atom stereocenters. The topological polar surface area (TPSA) is 89.5 Å². The number of halogens is 2. The van der Waals surface area contributed by atoms with E-state index in [9.17, 15) is 18.0 Å². The Bertz CT molecular complexity index is 1260. The maximum atomic E-state index is 13.0. The highest BCUT2D eigenvalue weighted by Crippen LogP contribution is 2.27. The van der Waals surface area contributed by atoms with Gasteiger partial charge >= 0.3 is 0 Å². The number of anilines is 1. The van der Waals surface area contributed by atoms with E-state index in [-0.39, 0.29) is 34.1 Å². The number of carbonyl (C=O) groups excluding carboxylic acids is 2. The van der Waals surface area contributed by atoms with Gasteiger partial charge < -0.3 is 10.1 Å². The molecule has 0 aliphatic carbocycles. The minimum atomic E-state index is -3.66. The summed E-state index contributed by atoms with van der Waals surface area (Å²) in [7, 11) is -2.18. The number of amides is 1. The first-order valence-electron chi connectivity index (χ1n) is 9.47. The van der Waals surface area contributed by atoms with Crippen LogP contribution in [-0.4, -0.2) is 33.0 Å². The minimum absolute atomic E-state index is 0.101. The molecule has 1 N–H and O–H groups in total. The van der Waals surface area contributed by atoms with Gasteiger partial charge in [-0.2, -0.15) is 0 Å². The Kier molecular flexibility index (Phi) is 7.71. The summed E-state index contributed by atoms with van der Waals surface area (Å²) in [5.74, 6) is -0.738. The predicted octanol–water partition coefficient (Wildman–Crippen LogP) is 5.14. The predicted molar refractivity (Wildman–Crippen MR) is 127 cm³/mol. The Hall–Kier alpha value is -2.68. The van der Waals surface area contributed by atoms with Crippen molar-refractivity contribution in [3.63, 3.8) is 0 Å². The fraction of sp³-hybridized carbons (Fsp3) is 0.130. The van der Waals surface area contributed by atoms with Crippen LogP contribution in [0.2, 0.25) is 5.02 Å². The van der Waals surface area contributed by atoms with Crippen LogP contribution in [0, 0.1) is 0 Å². The van der Waals surface area contributed by atoms with Gasteiger partial charge in [0, 0.05) is 22.0 Å². The second-order valence-electron chi connectivity index (χ2n) is 6.79. The van der Waals surface area contributed by atoms with Crippen LogP contribution in [0.4, 0.5) is 5.69 Å². The van der Waals surface area contributed by atoms with Crippen molar-refractivity contribution in [1.82, 2.24) is 0 Å². The number of nitrogens with one attached hydrogen (secondary N) is 1. The van der Waals surface area contributed by atoms with E-state index in [4.69, 9.17) is 16.3 Å². The third kappa shape index (κ3) is 5.76. The lowest BCUT2D eigenvalue weighted by Gasteiger charge is -2.12. The van der Waals surface area contributed by atoms with E-state index in [1.165, 1.54) is 19.2 Å². The second kappa shape index (κ2) is 10.3. The lowest BCUT2D eigenvalue weighted by atomic mass is 10.0. The molecule has 0 saturated carbocycles. The highest BCUT2D eigenvalue weighted by Gasteiger charge is 2.20. The molecular weight excluding hydrogens is 518 g/mol. The molecule has 3 aromatic carbocycles. The Morgan fingerprint density at radius 2 is 1.69 bits per heavy atom. The fourth-order valence-electron chi connectivity index (χ4n) is 2.94. The zero-order valence-corrected chi connectivity index (χ0v) is 20.1. The third-order valence-corrected chi connectivity index (χ3v) is 7.19. The number of sulfone groups is 1. The van der Waals surface area contributed by atoms with Crippen LogP contribution in [-0.2, 0) is 14.6 Å². The molecule has 0 unspecified atom stereocenters. The Balaban J connectivity index is 1.75. The molecule has 0 aliphatic rings. The maximum absolute atomic E-state index is 13.0. The monoisotopic (exact) mass is 535 g/mol. The average molecular weight is 537 g/mol. The van der Waals surface area contributed by atoms with Gasteiger partial charge in [-0.15, -0.1) is 0 Å². The highest BCUT2D eigenvalue weighted by molar-refractivity contribution is 9.10. The van der Waals surface area contributed by atoms with Crippen molar-refractivity contribution in [1.29, 1.82) is 0 Å². The number of methoxy groups -OCH3 is 1. The minimum Gasteiger partial charge on any atom is -0.497 e. The van der Waals surface area contributed by atoms with Gasteiger partial charge in [0.05, 0.1) is 28.5 Å². The molecule has 166 valence electrons. The van der Waals surface area contributed by atoms with Gasteiger partial charge in [0.2, 0.25) is 5.91 Å². The summed E-state index contributed by atoms with van der Waals surface area (Å²) in [6.07, 6.45) is -0.274. The lowest BCUT2D eigenvalue weighted by molar-refractivity contribution is -0.115. The smallest absolute Gasteiger partial charge is 0.225 e. The van der Waals surface area contributed by atoms with Crippen molar-refractivity contribution in [3.8, 4) is 5.75 Å². The molecule has 32 heavy (non-hydrogen) atoms. The van der Waals surface area contributed by atoms with Crippen molar-refractivity contribution >= 4 is 54.7 Å². The van der Waals surface area contributed by atoms with E-state index in [1.807, 2.05) is 0 Å². The van der Waals surface area contributed by atoms with E-state index in [0.29, 0.717) is 20.8 Å². The molecule has 0 heterocycles. The Labute approximate surface area is 199 Å². The van der Waals surface area contributed by atoms with Crippen molar-refractivity contribution in [3.05, 3.63) is 87.4 Å².